The quantitative estimate of drug-likeness (QED) is 0.509. The maximum atomic E-state index is 11.5. The molecule has 0 atom stereocenters. The monoisotopic (exact) mass is 198 g/mol. The third kappa shape index (κ3) is 1.63. The van der Waals surface area contributed by atoms with E-state index in [0.717, 1.165) is 0 Å². The molecule has 0 saturated heterocycles. The van der Waals surface area contributed by atoms with Crippen LogP contribution in [0.2, 0.25) is 0 Å². The van der Waals surface area contributed by atoms with Gasteiger partial charge in [-0.15, -0.1) is 0 Å². The van der Waals surface area contributed by atoms with Gasteiger partial charge in [0.1, 0.15) is 7.85 Å². The molecule has 72 valence electrons. The van der Waals surface area contributed by atoms with Crippen LogP contribution < -0.4 is 11.0 Å². The molecule has 2 rings (SSSR count). The summed E-state index contributed by atoms with van der Waals surface area (Å²) in [6, 6.07) is 4.77. The van der Waals surface area contributed by atoms with Crippen molar-refractivity contribution in [3.05, 3.63) is 41.0 Å². The summed E-state index contributed by atoms with van der Waals surface area (Å²) in [5.41, 5.74) is 0.615. The van der Waals surface area contributed by atoms with Crippen molar-refractivity contribution < 1.29 is 5.11 Å². The molecule has 1 heterocycles. The summed E-state index contributed by atoms with van der Waals surface area (Å²) in [6.45, 7) is 3.29. The van der Waals surface area contributed by atoms with Crippen molar-refractivity contribution in [2.24, 2.45) is 0 Å². The Morgan fingerprint density at radius 1 is 1.53 bits per heavy atom. The molecule has 1 aromatic carbocycles. The lowest BCUT2D eigenvalue weighted by atomic mass is 9.95. The van der Waals surface area contributed by atoms with E-state index in [9.17, 15) is 4.79 Å². The van der Waals surface area contributed by atoms with E-state index in [4.69, 9.17) is 13.0 Å². The van der Waals surface area contributed by atoms with Gasteiger partial charge in [-0.05, 0) is 12.1 Å². The zero-order valence-electron chi connectivity index (χ0n) is 7.82. The fourth-order valence-corrected chi connectivity index (χ4v) is 1.29. The van der Waals surface area contributed by atoms with Crippen molar-refractivity contribution in [1.29, 1.82) is 0 Å². The van der Waals surface area contributed by atoms with E-state index < -0.39 is 0 Å². The average Bonchev–Trinajstić information content (AvgIpc) is 2.16. The van der Waals surface area contributed by atoms with E-state index >= 15 is 0 Å². The molecule has 0 aliphatic heterocycles. The van der Waals surface area contributed by atoms with Crippen LogP contribution in [0.3, 0.4) is 0 Å². The molecule has 15 heavy (non-hydrogen) atoms. The van der Waals surface area contributed by atoms with Gasteiger partial charge in [-0.25, -0.2) is 4.98 Å². The summed E-state index contributed by atoms with van der Waals surface area (Å²) in [6.07, 6.45) is 0. The van der Waals surface area contributed by atoms with E-state index in [0.29, 0.717) is 16.4 Å². The lowest BCUT2D eigenvalue weighted by molar-refractivity contribution is 0.507. The lowest BCUT2D eigenvalue weighted by Crippen LogP contribution is -2.13. The van der Waals surface area contributed by atoms with Crippen LogP contribution in [0.15, 0.2) is 29.6 Å². The number of benzene rings is 1. The molecule has 0 unspecified atom stereocenters. The van der Waals surface area contributed by atoms with Crippen LogP contribution >= 0.6 is 0 Å². The van der Waals surface area contributed by atoms with Crippen molar-refractivity contribution in [3.8, 4) is 0 Å². The topological polar surface area (TPSA) is 66.0 Å². The van der Waals surface area contributed by atoms with Gasteiger partial charge in [-0.2, -0.15) is 0 Å². The predicted molar refractivity (Wildman–Crippen MR) is 59.4 cm³/mol. The molecule has 1 aromatic heterocycles. The Labute approximate surface area is 86.7 Å². The summed E-state index contributed by atoms with van der Waals surface area (Å²) >= 11 is 0. The average molecular weight is 198 g/mol. The molecule has 2 N–H and O–H groups in total. The minimum Gasteiger partial charge on any atom is -0.505 e. The van der Waals surface area contributed by atoms with Gasteiger partial charge in [0.2, 0.25) is 0 Å². The molecule has 0 aliphatic rings. The number of fused-ring (bicyclic) bond motifs is 1. The van der Waals surface area contributed by atoms with Crippen LogP contribution in [-0.4, -0.2) is 22.9 Å². The number of H-pyrrole nitrogens is 1. The fourth-order valence-electron chi connectivity index (χ4n) is 1.29. The molecular formula is C10H7BN2O2. The Morgan fingerprint density at radius 2 is 2.27 bits per heavy atom. The van der Waals surface area contributed by atoms with Gasteiger partial charge in [-0.3, -0.25) is 4.79 Å². The van der Waals surface area contributed by atoms with Crippen LogP contribution in [0, 0.1) is 0 Å². The van der Waals surface area contributed by atoms with Gasteiger partial charge in [0.15, 0.2) is 11.6 Å². The van der Waals surface area contributed by atoms with Crippen molar-refractivity contribution in [3.63, 3.8) is 0 Å². The first-order valence-electron chi connectivity index (χ1n) is 4.26. The van der Waals surface area contributed by atoms with Gasteiger partial charge in [0, 0.05) is 0 Å². The number of hydrogen-bond acceptors (Lipinski definition) is 3. The summed E-state index contributed by atoms with van der Waals surface area (Å²) in [4.78, 5) is 18.0. The summed E-state index contributed by atoms with van der Waals surface area (Å²) in [5.74, 6) is -0.227. The number of aliphatic hydroxyl groups is 1. The molecule has 0 amide bonds. The largest absolute Gasteiger partial charge is 0.505 e. The van der Waals surface area contributed by atoms with Gasteiger partial charge in [0.05, 0.1) is 10.9 Å². The number of aliphatic hydroxyl groups excluding tert-OH is 1. The molecular weight excluding hydrogens is 191 g/mol. The van der Waals surface area contributed by atoms with Gasteiger partial charge in [-0.1, -0.05) is 18.1 Å². The third-order valence-corrected chi connectivity index (χ3v) is 2.00. The Bertz CT molecular complexity index is 604. The Morgan fingerprint density at radius 3 is 2.93 bits per heavy atom. The molecule has 4 nitrogen and oxygen atoms in total. The Kier molecular flexibility index (Phi) is 2.08. The number of aromatic nitrogens is 2. The first-order chi connectivity index (χ1) is 7.08. The molecule has 5 heteroatoms. The number of hydrogen-bond donors (Lipinski definition) is 2. The molecule has 0 spiro atoms. The van der Waals surface area contributed by atoms with Gasteiger partial charge >= 0.3 is 0 Å². The number of nitrogens with zero attached hydrogens (tertiary/aromatic N) is 1. The highest BCUT2D eigenvalue weighted by atomic mass is 16.3. The maximum absolute atomic E-state index is 11.5. The summed E-state index contributed by atoms with van der Waals surface area (Å²) in [7, 11) is 5.56. The molecule has 2 aromatic rings. The second kappa shape index (κ2) is 3.27. The van der Waals surface area contributed by atoms with Gasteiger partial charge < -0.3 is 10.1 Å². The van der Waals surface area contributed by atoms with Crippen LogP contribution in [0.25, 0.3) is 16.7 Å². The normalized spacial score (nSPS) is 10.4. The minimum atomic E-state index is -0.329. The SMILES string of the molecule is [B]c1ccc2c(=O)[nH]c(C(=C)O)nc2c1. The number of nitrogens with one attached hydrogen (secondary N) is 1. The Balaban J connectivity index is 2.85. The standard InChI is InChI=1S/C10H7BN2O2/c1-5(14)9-12-8-4-6(11)2-3-7(8)10(15)13-9/h2-4,14H,1H2,(H,12,13,15). The molecule has 0 aliphatic carbocycles. The van der Waals surface area contributed by atoms with Crippen LogP contribution in [-0.2, 0) is 0 Å². The maximum Gasteiger partial charge on any atom is 0.259 e. The predicted octanol–water partition coefficient (Wildman–Crippen LogP) is 0.246. The Hall–Kier alpha value is -2.04. The van der Waals surface area contributed by atoms with E-state index in [-0.39, 0.29) is 17.1 Å². The zero-order valence-corrected chi connectivity index (χ0v) is 7.82. The van der Waals surface area contributed by atoms with Crippen LogP contribution in [0.5, 0.6) is 0 Å². The smallest absolute Gasteiger partial charge is 0.259 e. The molecule has 0 saturated carbocycles. The molecule has 2 radical (unpaired) electrons. The van der Waals surface area contributed by atoms with E-state index in [1.807, 2.05) is 0 Å². The highest BCUT2D eigenvalue weighted by Gasteiger charge is 2.05. The fraction of sp³-hybridized carbons (Fsp3) is 0. The highest BCUT2D eigenvalue weighted by molar-refractivity contribution is 6.33. The van der Waals surface area contributed by atoms with Crippen molar-refractivity contribution in [1.82, 2.24) is 9.97 Å². The van der Waals surface area contributed by atoms with Crippen LogP contribution in [0.4, 0.5) is 0 Å². The van der Waals surface area contributed by atoms with Gasteiger partial charge in [0.25, 0.3) is 5.56 Å². The third-order valence-electron chi connectivity index (χ3n) is 2.00. The second-order valence-electron chi connectivity index (χ2n) is 3.14. The lowest BCUT2D eigenvalue weighted by Gasteiger charge is -2.01. The summed E-state index contributed by atoms with van der Waals surface area (Å²) in [5, 5.41) is 9.54. The second-order valence-corrected chi connectivity index (χ2v) is 3.14. The van der Waals surface area contributed by atoms with Crippen molar-refractivity contribution >= 4 is 30.0 Å². The van der Waals surface area contributed by atoms with Crippen LogP contribution in [0.1, 0.15) is 5.82 Å². The number of rotatable bonds is 1. The molecule has 0 fully saturated rings. The van der Waals surface area contributed by atoms with E-state index in [2.05, 4.69) is 16.5 Å². The highest BCUT2D eigenvalue weighted by Crippen LogP contribution is 2.07. The first-order valence-corrected chi connectivity index (χ1v) is 4.26. The minimum absolute atomic E-state index is 0.0538. The van der Waals surface area contributed by atoms with E-state index in [1.54, 1.807) is 18.2 Å². The molecule has 0 bridgehead atoms. The summed E-state index contributed by atoms with van der Waals surface area (Å²) < 4.78 is 0. The van der Waals surface area contributed by atoms with E-state index in [1.165, 1.54) is 0 Å². The first kappa shape index (κ1) is 9.52. The van der Waals surface area contributed by atoms with Crippen molar-refractivity contribution in [2.45, 2.75) is 0 Å². The number of aromatic amines is 1. The zero-order chi connectivity index (χ0) is 11.0. The van der Waals surface area contributed by atoms with Crippen molar-refractivity contribution in [2.75, 3.05) is 0 Å².